The maximum atomic E-state index is 13.4. The van der Waals surface area contributed by atoms with Gasteiger partial charge in [0.2, 0.25) is 0 Å². The van der Waals surface area contributed by atoms with Crippen molar-refractivity contribution in [2.24, 2.45) is 0 Å². The van der Waals surface area contributed by atoms with Gasteiger partial charge in [-0.2, -0.15) is 0 Å². The fourth-order valence-corrected chi connectivity index (χ4v) is 2.58. The van der Waals surface area contributed by atoms with Crippen LogP contribution < -0.4 is 10.6 Å². The minimum atomic E-state index is -0.397. The molecule has 1 heterocycles. The number of fused-ring (bicyclic) bond motifs is 1. The molecule has 102 valence electrons. The minimum Gasteiger partial charge on any atom is -0.399 e. The summed E-state index contributed by atoms with van der Waals surface area (Å²) in [5.41, 5.74) is 9.52. The minimum absolute atomic E-state index is 0.175. The van der Waals surface area contributed by atoms with Crippen LogP contribution in [-0.4, -0.2) is 12.5 Å². The van der Waals surface area contributed by atoms with E-state index in [1.807, 2.05) is 19.1 Å². The van der Waals surface area contributed by atoms with E-state index in [0.29, 0.717) is 17.8 Å². The molecule has 2 aromatic rings. The second-order valence-electron chi connectivity index (χ2n) is 5.05. The third-order valence-electron chi connectivity index (χ3n) is 3.68. The Kier molecular flexibility index (Phi) is 2.93. The van der Waals surface area contributed by atoms with Crippen molar-refractivity contribution in [2.45, 2.75) is 13.3 Å². The molecule has 4 heteroatoms. The number of aryl methyl sites for hydroxylation is 1. The van der Waals surface area contributed by atoms with Crippen LogP contribution in [0.5, 0.6) is 0 Å². The number of nitrogens with zero attached hydrogens (tertiary/aromatic N) is 1. The molecule has 0 saturated carbocycles. The highest BCUT2D eigenvalue weighted by Gasteiger charge is 2.26. The number of anilines is 2. The summed E-state index contributed by atoms with van der Waals surface area (Å²) >= 11 is 0. The quantitative estimate of drug-likeness (QED) is 0.810. The molecule has 1 aliphatic rings. The highest BCUT2D eigenvalue weighted by atomic mass is 19.1. The Morgan fingerprint density at radius 2 is 2.05 bits per heavy atom. The summed E-state index contributed by atoms with van der Waals surface area (Å²) in [5.74, 6) is -0.572. The number of halogens is 1. The van der Waals surface area contributed by atoms with Gasteiger partial charge in [0.1, 0.15) is 5.82 Å². The van der Waals surface area contributed by atoms with Gasteiger partial charge in [-0.25, -0.2) is 4.39 Å². The van der Waals surface area contributed by atoms with Gasteiger partial charge in [0.05, 0.1) is 0 Å². The van der Waals surface area contributed by atoms with Gasteiger partial charge in [-0.3, -0.25) is 4.79 Å². The maximum absolute atomic E-state index is 13.4. The first kappa shape index (κ1) is 12.7. The number of nitrogens with two attached hydrogens (primary N) is 1. The molecule has 0 fully saturated rings. The fraction of sp³-hybridized carbons (Fsp3) is 0.188. The Bertz CT molecular complexity index is 697. The predicted molar refractivity (Wildman–Crippen MR) is 77.4 cm³/mol. The van der Waals surface area contributed by atoms with Gasteiger partial charge in [0, 0.05) is 23.5 Å². The normalized spacial score (nSPS) is 13.4. The van der Waals surface area contributed by atoms with Gasteiger partial charge in [-0.05, 0) is 48.7 Å². The molecule has 1 amide bonds. The van der Waals surface area contributed by atoms with Crippen molar-refractivity contribution < 1.29 is 9.18 Å². The lowest BCUT2D eigenvalue weighted by Crippen LogP contribution is -2.29. The maximum Gasteiger partial charge on any atom is 0.258 e. The van der Waals surface area contributed by atoms with Crippen molar-refractivity contribution in [3.63, 3.8) is 0 Å². The number of hydrogen-bond donors (Lipinski definition) is 1. The number of nitrogen functional groups attached to an aromatic ring is 1. The highest BCUT2D eigenvalue weighted by Crippen LogP contribution is 2.31. The second kappa shape index (κ2) is 4.63. The third kappa shape index (κ3) is 2.03. The van der Waals surface area contributed by atoms with E-state index in [4.69, 9.17) is 5.73 Å². The van der Waals surface area contributed by atoms with Crippen molar-refractivity contribution in [1.82, 2.24) is 0 Å². The molecule has 3 nitrogen and oxygen atoms in total. The second-order valence-corrected chi connectivity index (χ2v) is 5.05. The average molecular weight is 270 g/mol. The van der Waals surface area contributed by atoms with Gasteiger partial charge >= 0.3 is 0 Å². The summed E-state index contributed by atoms with van der Waals surface area (Å²) in [7, 11) is 0. The molecule has 0 bridgehead atoms. The Morgan fingerprint density at radius 1 is 1.25 bits per heavy atom. The van der Waals surface area contributed by atoms with E-state index in [1.165, 1.54) is 12.1 Å². The standard InChI is InChI=1S/C16H15FN2O/c1-10-2-4-12(17)8-14(10)16(20)19-7-6-11-3-5-13(18)9-15(11)19/h2-5,8-9H,6-7,18H2,1H3. The summed E-state index contributed by atoms with van der Waals surface area (Å²) in [5, 5.41) is 0. The number of carbonyl (C=O) groups is 1. The predicted octanol–water partition coefficient (Wildman–Crippen LogP) is 2.92. The van der Waals surface area contributed by atoms with Crippen LogP contribution in [0.25, 0.3) is 0 Å². The fourth-order valence-electron chi connectivity index (χ4n) is 2.58. The van der Waals surface area contributed by atoms with Gasteiger partial charge in [-0.1, -0.05) is 12.1 Å². The van der Waals surface area contributed by atoms with Crippen molar-refractivity contribution in [3.8, 4) is 0 Å². The molecule has 0 aliphatic carbocycles. The molecule has 0 unspecified atom stereocenters. The number of carbonyl (C=O) groups excluding carboxylic acids is 1. The van der Waals surface area contributed by atoms with Crippen LogP contribution in [0.3, 0.4) is 0 Å². The zero-order chi connectivity index (χ0) is 14.3. The van der Waals surface area contributed by atoms with Gasteiger partial charge in [0.15, 0.2) is 0 Å². The zero-order valence-corrected chi connectivity index (χ0v) is 11.2. The van der Waals surface area contributed by atoms with Crippen molar-refractivity contribution in [3.05, 3.63) is 58.9 Å². The Balaban J connectivity index is 2.01. The third-order valence-corrected chi connectivity index (χ3v) is 3.68. The molecule has 0 spiro atoms. The molecule has 0 saturated heterocycles. The van der Waals surface area contributed by atoms with Crippen LogP contribution in [0, 0.1) is 12.7 Å². The summed E-state index contributed by atoms with van der Waals surface area (Å²) in [6.07, 6.45) is 0.801. The Morgan fingerprint density at radius 3 is 2.85 bits per heavy atom. The number of amides is 1. The summed E-state index contributed by atoms with van der Waals surface area (Å²) in [4.78, 5) is 14.3. The first-order chi connectivity index (χ1) is 9.56. The molecule has 0 atom stereocenters. The lowest BCUT2D eigenvalue weighted by Gasteiger charge is -2.19. The van der Waals surface area contributed by atoms with E-state index in [0.717, 1.165) is 23.2 Å². The lowest BCUT2D eigenvalue weighted by molar-refractivity contribution is 0.0988. The largest absolute Gasteiger partial charge is 0.399 e. The molecule has 2 aromatic carbocycles. The molecular weight excluding hydrogens is 255 g/mol. The van der Waals surface area contributed by atoms with Crippen LogP contribution in [0.1, 0.15) is 21.5 Å². The van der Waals surface area contributed by atoms with E-state index in [-0.39, 0.29) is 5.91 Å². The number of hydrogen-bond acceptors (Lipinski definition) is 2. The molecular formula is C16H15FN2O. The van der Waals surface area contributed by atoms with E-state index in [9.17, 15) is 9.18 Å². The monoisotopic (exact) mass is 270 g/mol. The van der Waals surface area contributed by atoms with E-state index in [2.05, 4.69) is 0 Å². The van der Waals surface area contributed by atoms with Crippen LogP contribution >= 0.6 is 0 Å². The molecule has 0 aromatic heterocycles. The van der Waals surface area contributed by atoms with E-state index in [1.54, 1.807) is 17.0 Å². The SMILES string of the molecule is Cc1ccc(F)cc1C(=O)N1CCc2ccc(N)cc21. The summed E-state index contributed by atoms with van der Waals surface area (Å²) in [6, 6.07) is 9.86. The van der Waals surface area contributed by atoms with Crippen molar-refractivity contribution in [2.75, 3.05) is 17.2 Å². The Labute approximate surface area is 116 Å². The smallest absolute Gasteiger partial charge is 0.258 e. The van der Waals surface area contributed by atoms with E-state index < -0.39 is 5.82 Å². The highest BCUT2D eigenvalue weighted by molar-refractivity contribution is 6.08. The Hall–Kier alpha value is -2.36. The molecule has 2 N–H and O–H groups in total. The van der Waals surface area contributed by atoms with Gasteiger partial charge in [-0.15, -0.1) is 0 Å². The molecule has 0 radical (unpaired) electrons. The molecule has 3 rings (SSSR count). The van der Waals surface area contributed by atoms with Crippen LogP contribution in [0.4, 0.5) is 15.8 Å². The number of rotatable bonds is 1. The van der Waals surface area contributed by atoms with Crippen molar-refractivity contribution >= 4 is 17.3 Å². The summed E-state index contributed by atoms with van der Waals surface area (Å²) in [6.45, 7) is 2.41. The van der Waals surface area contributed by atoms with Crippen LogP contribution in [-0.2, 0) is 6.42 Å². The van der Waals surface area contributed by atoms with Gasteiger partial charge < -0.3 is 10.6 Å². The van der Waals surface area contributed by atoms with E-state index >= 15 is 0 Å². The molecule has 20 heavy (non-hydrogen) atoms. The lowest BCUT2D eigenvalue weighted by atomic mass is 10.1. The summed E-state index contributed by atoms with van der Waals surface area (Å²) < 4.78 is 13.4. The molecule has 1 aliphatic heterocycles. The van der Waals surface area contributed by atoms with Gasteiger partial charge in [0.25, 0.3) is 5.91 Å². The van der Waals surface area contributed by atoms with Crippen molar-refractivity contribution in [1.29, 1.82) is 0 Å². The zero-order valence-electron chi connectivity index (χ0n) is 11.2. The first-order valence-corrected chi connectivity index (χ1v) is 6.52. The topological polar surface area (TPSA) is 46.3 Å². The van der Waals surface area contributed by atoms with Crippen LogP contribution in [0.2, 0.25) is 0 Å². The van der Waals surface area contributed by atoms with Crippen LogP contribution in [0.15, 0.2) is 36.4 Å². The average Bonchev–Trinajstić information content (AvgIpc) is 2.83. The first-order valence-electron chi connectivity index (χ1n) is 6.52. The number of benzene rings is 2.